The Balaban J connectivity index is 1.28. The van der Waals surface area contributed by atoms with E-state index in [1.54, 1.807) is 68.8 Å². The van der Waals surface area contributed by atoms with E-state index in [1.165, 1.54) is 16.8 Å². The summed E-state index contributed by atoms with van der Waals surface area (Å²) in [6.45, 7) is 1.38. The SMILES string of the molecule is COc1ccc2c(Oc3ccc(C(O)CNC(=O)c4c(C)[nH]n(-c5ccccc5)c4=O)cc3F)ccnc2c1. The van der Waals surface area contributed by atoms with Crippen molar-refractivity contribution in [2.75, 3.05) is 13.7 Å². The number of pyridine rings is 1. The summed E-state index contributed by atoms with van der Waals surface area (Å²) >= 11 is 0. The monoisotopic (exact) mass is 528 g/mol. The number of halogens is 1. The molecule has 3 aromatic carbocycles. The number of H-pyrrole nitrogens is 1. The molecule has 1 atom stereocenters. The molecule has 2 heterocycles. The predicted molar refractivity (Wildman–Crippen MR) is 143 cm³/mol. The van der Waals surface area contributed by atoms with Gasteiger partial charge in [0, 0.05) is 29.9 Å². The molecule has 5 aromatic rings. The Morgan fingerprint density at radius 1 is 1.10 bits per heavy atom. The molecule has 5 rings (SSSR count). The van der Waals surface area contributed by atoms with E-state index in [0.717, 1.165) is 6.07 Å². The van der Waals surface area contributed by atoms with Crippen LogP contribution in [0.1, 0.15) is 27.7 Å². The first kappa shape index (κ1) is 25.7. The smallest absolute Gasteiger partial charge is 0.284 e. The third-order valence-electron chi connectivity index (χ3n) is 6.24. The number of aliphatic hydroxyl groups is 1. The average molecular weight is 529 g/mol. The van der Waals surface area contributed by atoms with Crippen LogP contribution in [0.5, 0.6) is 17.2 Å². The zero-order valence-electron chi connectivity index (χ0n) is 21.1. The van der Waals surface area contributed by atoms with Crippen molar-refractivity contribution in [2.45, 2.75) is 13.0 Å². The topological polar surface area (TPSA) is 118 Å². The summed E-state index contributed by atoms with van der Waals surface area (Å²) in [4.78, 5) is 29.9. The van der Waals surface area contributed by atoms with Crippen molar-refractivity contribution in [1.29, 1.82) is 0 Å². The van der Waals surface area contributed by atoms with E-state index in [0.29, 0.717) is 33.8 Å². The standard InChI is InChI=1S/C29H25FN4O5/c1-17-27(29(37)34(33-17)19-6-4-3-5-7-19)28(36)32-16-24(35)18-8-11-26(22(30)14-18)39-25-12-13-31-23-15-20(38-2)9-10-21(23)25/h3-15,24,33,35H,16H2,1-2H3,(H,32,36). The van der Waals surface area contributed by atoms with Crippen molar-refractivity contribution in [2.24, 2.45) is 0 Å². The van der Waals surface area contributed by atoms with E-state index in [1.807, 2.05) is 6.07 Å². The van der Waals surface area contributed by atoms with Gasteiger partial charge >= 0.3 is 0 Å². The number of aliphatic hydroxyl groups excluding tert-OH is 1. The highest BCUT2D eigenvalue weighted by atomic mass is 19.1. The second-order valence-corrected chi connectivity index (χ2v) is 8.80. The summed E-state index contributed by atoms with van der Waals surface area (Å²) in [7, 11) is 1.56. The summed E-state index contributed by atoms with van der Waals surface area (Å²) in [5, 5.41) is 16.7. The summed E-state index contributed by atoms with van der Waals surface area (Å²) in [5.74, 6) is -0.335. The lowest BCUT2D eigenvalue weighted by Gasteiger charge is -2.14. The van der Waals surface area contributed by atoms with Crippen LogP contribution in [0.4, 0.5) is 4.39 Å². The van der Waals surface area contributed by atoms with Gasteiger partial charge in [-0.15, -0.1) is 0 Å². The van der Waals surface area contributed by atoms with Gasteiger partial charge in [-0.3, -0.25) is 19.7 Å². The van der Waals surface area contributed by atoms with Gasteiger partial charge in [0.1, 0.15) is 17.1 Å². The van der Waals surface area contributed by atoms with E-state index >= 15 is 0 Å². The number of aromatic amines is 1. The molecule has 1 unspecified atom stereocenters. The van der Waals surface area contributed by atoms with Gasteiger partial charge in [0.2, 0.25) is 0 Å². The fourth-order valence-corrected chi connectivity index (χ4v) is 4.21. The molecule has 10 heteroatoms. The lowest BCUT2D eigenvalue weighted by atomic mass is 10.1. The molecule has 9 nitrogen and oxygen atoms in total. The number of hydrogen-bond donors (Lipinski definition) is 3. The maximum absolute atomic E-state index is 14.9. The summed E-state index contributed by atoms with van der Waals surface area (Å²) < 4.78 is 27.2. The van der Waals surface area contributed by atoms with Crippen LogP contribution in [-0.2, 0) is 0 Å². The number of aryl methyl sites for hydroxylation is 1. The fraction of sp³-hybridized carbons (Fsp3) is 0.138. The fourth-order valence-electron chi connectivity index (χ4n) is 4.21. The Kier molecular flexibility index (Phi) is 7.11. The zero-order chi connectivity index (χ0) is 27.5. The third-order valence-corrected chi connectivity index (χ3v) is 6.24. The molecule has 1 amide bonds. The number of methoxy groups -OCH3 is 1. The minimum atomic E-state index is -1.22. The molecule has 0 aliphatic heterocycles. The third kappa shape index (κ3) is 5.23. The highest BCUT2D eigenvalue weighted by Crippen LogP contribution is 2.32. The summed E-state index contributed by atoms with van der Waals surface area (Å²) in [5.41, 5.74) is 1.25. The number of carbonyl (C=O) groups excluding carboxylic acids is 1. The molecule has 3 N–H and O–H groups in total. The molecule has 0 radical (unpaired) electrons. The first-order chi connectivity index (χ1) is 18.9. The molecule has 0 saturated carbocycles. The van der Waals surface area contributed by atoms with Crippen LogP contribution in [0.2, 0.25) is 0 Å². The summed E-state index contributed by atoms with van der Waals surface area (Å²) in [6, 6.07) is 19.8. The first-order valence-corrected chi connectivity index (χ1v) is 12.1. The minimum absolute atomic E-state index is 0.0392. The Bertz CT molecular complexity index is 1710. The number of carbonyl (C=O) groups is 1. The number of nitrogens with zero attached hydrogens (tertiary/aromatic N) is 2. The molecule has 0 aliphatic rings. The Labute approximate surface area is 222 Å². The van der Waals surface area contributed by atoms with E-state index in [9.17, 15) is 19.1 Å². The number of para-hydroxylation sites is 1. The van der Waals surface area contributed by atoms with E-state index in [-0.39, 0.29) is 23.4 Å². The Morgan fingerprint density at radius 3 is 2.64 bits per heavy atom. The van der Waals surface area contributed by atoms with Crippen molar-refractivity contribution in [1.82, 2.24) is 20.1 Å². The molecule has 39 heavy (non-hydrogen) atoms. The number of ether oxygens (including phenoxy) is 2. The second kappa shape index (κ2) is 10.8. The van der Waals surface area contributed by atoms with Crippen molar-refractivity contribution in [3.63, 3.8) is 0 Å². The van der Waals surface area contributed by atoms with Gasteiger partial charge in [0.25, 0.3) is 11.5 Å². The number of benzene rings is 3. The van der Waals surface area contributed by atoms with Crippen LogP contribution < -0.4 is 20.3 Å². The maximum atomic E-state index is 14.9. The highest BCUT2D eigenvalue weighted by molar-refractivity contribution is 5.95. The van der Waals surface area contributed by atoms with Crippen LogP contribution in [0.15, 0.2) is 83.8 Å². The van der Waals surface area contributed by atoms with E-state index in [4.69, 9.17) is 9.47 Å². The van der Waals surface area contributed by atoms with Gasteiger partial charge in [-0.25, -0.2) is 9.07 Å². The quantitative estimate of drug-likeness (QED) is 0.274. The van der Waals surface area contributed by atoms with Gasteiger partial charge < -0.3 is 19.9 Å². The number of amides is 1. The molecule has 2 aromatic heterocycles. The largest absolute Gasteiger partial charge is 0.497 e. The van der Waals surface area contributed by atoms with Crippen LogP contribution >= 0.6 is 0 Å². The molecule has 0 fully saturated rings. The molecule has 198 valence electrons. The number of hydrogen-bond acceptors (Lipinski definition) is 6. The average Bonchev–Trinajstić information content (AvgIpc) is 3.26. The van der Waals surface area contributed by atoms with Crippen LogP contribution in [0, 0.1) is 12.7 Å². The Morgan fingerprint density at radius 2 is 1.90 bits per heavy atom. The maximum Gasteiger partial charge on any atom is 0.284 e. The zero-order valence-corrected chi connectivity index (χ0v) is 21.1. The van der Waals surface area contributed by atoms with Gasteiger partial charge in [-0.1, -0.05) is 24.3 Å². The van der Waals surface area contributed by atoms with Crippen LogP contribution in [0.3, 0.4) is 0 Å². The molecule has 0 bridgehead atoms. The van der Waals surface area contributed by atoms with Crippen molar-refractivity contribution >= 4 is 16.8 Å². The van der Waals surface area contributed by atoms with Gasteiger partial charge in [0.15, 0.2) is 11.6 Å². The van der Waals surface area contributed by atoms with Crippen molar-refractivity contribution in [3.05, 3.63) is 112 Å². The molecular weight excluding hydrogens is 503 g/mol. The van der Waals surface area contributed by atoms with E-state index < -0.39 is 23.4 Å². The van der Waals surface area contributed by atoms with Crippen molar-refractivity contribution in [3.8, 4) is 22.9 Å². The second-order valence-electron chi connectivity index (χ2n) is 8.80. The molecule has 0 saturated heterocycles. The lowest BCUT2D eigenvalue weighted by Crippen LogP contribution is -2.32. The number of rotatable bonds is 8. The first-order valence-electron chi connectivity index (χ1n) is 12.1. The minimum Gasteiger partial charge on any atom is -0.497 e. The van der Waals surface area contributed by atoms with Crippen molar-refractivity contribution < 1.29 is 23.8 Å². The summed E-state index contributed by atoms with van der Waals surface area (Å²) in [6.07, 6.45) is 0.332. The molecule has 0 aliphatic carbocycles. The predicted octanol–water partition coefficient (Wildman–Crippen LogP) is 4.43. The molecular formula is C29H25FN4O5. The lowest BCUT2D eigenvalue weighted by molar-refractivity contribution is 0.0914. The van der Waals surface area contributed by atoms with Crippen LogP contribution in [0.25, 0.3) is 16.6 Å². The number of nitrogens with one attached hydrogen (secondary N) is 2. The van der Waals surface area contributed by atoms with Gasteiger partial charge in [-0.2, -0.15) is 0 Å². The van der Waals surface area contributed by atoms with Gasteiger partial charge in [0.05, 0.1) is 24.4 Å². The van der Waals surface area contributed by atoms with E-state index in [2.05, 4.69) is 15.4 Å². The Hall–Kier alpha value is -4.96. The molecule has 0 spiro atoms. The normalized spacial score (nSPS) is 11.8. The number of fused-ring (bicyclic) bond motifs is 1. The highest BCUT2D eigenvalue weighted by Gasteiger charge is 2.21. The van der Waals surface area contributed by atoms with Crippen LogP contribution in [-0.4, -0.2) is 39.4 Å². The van der Waals surface area contributed by atoms with Gasteiger partial charge in [-0.05, 0) is 55.0 Å². The number of aromatic nitrogens is 3.